The number of benzene rings is 2. The van der Waals surface area contributed by atoms with Gasteiger partial charge >= 0.3 is 12.1 Å². The minimum absolute atomic E-state index is 0.0200. The molecule has 0 radical (unpaired) electrons. The summed E-state index contributed by atoms with van der Waals surface area (Å²) in [7, 11) is 1.46. The smallest absolute Gasteiger partial charge is 0.407 e. The first-order valence-corrected chi connectivity index (χ1v) is 10.9. The van der Waals surface area contributed by atoms with Crippen LogP contribution in [0.3, 0.4) is 0 Å². The Hall–Kier alpha value is -3.35. The number of carbonyl (C=O) groups excluding carboxylic acids is 2. The van der Waals surface area contributed by atoms with Crippen molar-refractivity contribution in [2.75, 3.05) is 13.7 Å². The molecule has 0 bridgehead atoms. The lowest BCUT2D eigenvalue weighted by Gasteiger charge is -2.25. The zero-order chi connectivity index (χ0) is 23.3. The van der Waals surface area contributed by atoms with E-state index in [9.17, 15) is 14.4 Å². The number of fused-ring (bicyclic) bond motifs is 3. The number of alkyl carbamates (subject to hydrolysis) is 1. The molecule has 0 unspecified atom stereocenters. The molecule has 0 spiro atoms. The number of likely N-dealkylation sites (N-methyl/N-ethyl adjacent to an activating group) is 1. The summed E-state index contributed by atoms with van der Waals surface area (Å²) in [6.45, 7) is 3.61. The van der Waals surface area contributed by atoms with Gasteiger partial charge in [0.1, 0.15) is 12.6 Å². The number of aliphatic carboxylic acids is 1. The maximum Gasteiger partial charge on any atom is 0.407 e. The molecule has 1 aliphatic rings. The summed E-state index contributed by atoms with van der Waals surface area (Å²) in [6, 6.07) is 14.9. The van der Waals surface area contributed by atoms with Crippen molar-refractivity contribution in [1.82, 2.24) is 10.2 Å². The summed E-state index contributed by atoms with van der Waals surface area (Å²) in [4.78, 5) is 37.3. The van der Waals surface area contributed by atoms with Gasteiger partial charge in [-0.15, -0.1) is 0 Å². The normalized spacial score (nSPS) is 14.1. The molecule has 170 valence electrons. The number of nitrogens with one attached hydrogen (secondary N) is 1. The predicted octanol–water partition coefficient (Wildman–Crippen LogP) is 4.02. The Kier molecular flexibility index (Phi) is 7.51. The molecule has 3 rings (SSSR count). The highest BCUT2D eigenvalue weighted by Gasteiger charge is 2.30. The number of hydrogen-bond donors (Lipinski definition) is 2. The predicted molar refractivity (Wildman–Crippen MR) is 121 cm³/mol. The standard InChI is InChI=1S/C25H30N2O5/c1-4-9-17(14-23(28)27(3)16(2)24(29)30)26-25(31)32-15-22-20-12-7-5-10-18(20)19-11-6-8-13-21(19)22/h5-8,10-13,16-17,22H,4,9,14-15H2,1-3H3,(H,26,31)(H,29,30)/t16-,17+/m0/s1. The van der Waals surface area contributed by atoms with Gasteiger partial charge in [-0.1, -0.05) is 61.9 Å². The summed E-state index contributed by atoms with van der Waals surface area (Å²) in [5, 5.41) is 11.9. The van der Waals surface area contributed by atoms with Gasteiger partial charge in [-0.25, -0.2) is 9.59 Å². The Bertz CT molecular complexity index is 944. The van der Waals surface area contributed by atoms with Crippen LogP contribution in [0.15, 0.2) is 48.5 Å². The average Bonchev–Trinajstić information content (AvgIpc) is 3.10. The second-order valence-corrected chi connectivity index (χ2v) is 8.18. The SMILES string of the molecule is CCC[C@H](CC(=O)N(C)[C@@H](C)C(=O)O)NC(=O)OCC1c2ccccc2-c2ccccc21. The van der Waals surface area contributed by atoms with Gasteiger partial charge < -0.3 is 20.1 Å². The Labute approximate surface area is 188 Å². The molecule has 0 aliphatic heterocycles. The highest BCUT2D eigenvalue weighted by atomic mass is 16.5. The van der Waals surface area contributed by atoms with Gasteiger partial charge in [0.05, 0.1) is 0 Å². The Morgan fingerprint density at radius 3 is 2.16 bits per heavy atom. The first-order chi connectivity index (χ1) is 15.3. The van der Waals surface area contributed by atoms with E-state index in [4.69, 9.17) is 9.84 Å². The van der Waals surface area contributed by atoms with E-state index >= 15 is 0 Å². The lowest BCUT2D eigenvalue weighted by atomic mass is 9.98. The van der Waals surface area contributed by atoms with Crippen molar-refractivity contribution in [2.24, 2.45) is 0 Å². The third-order valence-electron chi connectivity index (χ3n) is 6.06. The van der Waals surface area contributed by atoms with Crippen molar-refractivity contribution >= 4 is 18.0 Å². The monoisotopic (exact) mass is 438 g/mol. The Balaban J connectivity index is 1.62. The highest BCUT2D eigenvalue weighted by molar-refractivity contribution is 5.84. The van der Waals surface area contributed by atoms with Crippen LogP contribution in [0.4, 0.5) is 4.79 Å². The van der Waals surface area contributed by atoms with Crippen LogP contribution >= 0.6 is 0 Å². The van der Waals surface area contributed by atoms with Crippen molar-refractivity contribution < 1.29 is 24.2 Å². The van der Waals surface area contributed by atoms with E-state index in [1.165, 1.54) is 18.9 Å². The van der Waals surface area contributed by atoms with Gasteiger partial charge in [0.2, 0.25) is 5.91 Å². The molecule has 2 aromatic carbocycles. The minimum atomic E-state index is -1.07. The van der Waals surface area contributed by atoms with Gasteiger partial charge in [-0.05, 0) is 35.6 Å². The number of hydrogen-bond acceptors (Lipinski definition) is 4. The Morgan fingerprint density at radius 2 is 1.62 bits per heavy atom. The van der Waals surface area contributed by atoms with Crippen LogP contribution in [0.1, 0.15) is 50.2 Å². The van der Waals surface area contributed by atoms with Crippen molar-refractivity contribution in [3.8, 4) is 11.1 Å². The number of carbonyl (C=O) groups is 3. The van der Waals surface area contributed by atoms with Gasteiger partial charge in [0.25, 0.3) is 0 Å². The molecule has 7 heteroatoms. The largest absolute Gasteiger partial charge is 0.480 e. The fourth-order valence-corrected chi connectivity index (χ4v) is 4.12. The van der Waals surface area contributed by atoms with Crippen LogP contribution in [0.2, 0.25) is 0 Å². The lowest BCUT2D eigenvalue weighted by Crippen LogP contribution is -2.44. The number of amides is 2. The second-order valence-electron chi connectivity index (χ2n) is 8.18. The summed E-state index contributed by atoms with van der Waals surface area (Å²) in [5.41, 5.74) is 4.57. The molecule has 1 aliphatic carbocycles. The zero-order valence-corrected chi connectivity index (χ0v) is 18.7. The first kappa shape index (κ1) is 23.3. The molecular formula is C25H30N2O5. The fourth-order valence-electron chi connectivity index (χ4n) is 4.12. The molecule has 2 aromatic rings. The topological polar surface area (TPSA) is 95.9 Å². The van der Waals surface area contributed by atoms with E-state index in [0.29, 0.717) is 6.42 Å². The molecule has 0 heterocycles. The first-order valence-electron chi connectivity index (χ1n) is 10.9. The maximum absolute atomic E-state index is 12.6. The maximum atomic E-state index is 12.6. The molecule has 0 aromatic heterocycles. The van der Waals surface area contributed by atoms with Crippen molar-refractivity contribution in [3.05, 3.63) is 59.7 Å². The average molecular weight is 439 g/mol. The number of carboxylic acid groups (broad SMARTS) is 1. The van der Waals surface area contributed by atoms with Crippen LogP contribution in [0.25, 0.3) is 11.1 Å². The summed E-state index contributed by atoms with van der Waals surface area (Å²) >= 11 is 0. The minimum Gasteiger partial charge on any atom is -0.480 e. The summed E-state index contributed by atoms with van der Waals surface area (Å²) in [6.07, 6.45) is 0.795. The van der Waals surface area contributed by atoms with Crippen molar-refractivity contribution in [3.63, 3.8) is 0 Å². The number of ether oxygens (including phenoxy) is 1. The van der Waals surface area contributed by atoms with E-state index < -0.39 is 24.1 Å². The number of carboxylic acids is 1. The van der Waals surface area contributed by atoms with Gasteiger partial charge in [-0.2, -0.15) is 0 Å². The molecule has 2 amide bonds. The van der Waals surface area contributed by atoms with Crippen LogP contribution in [0, 0.1) is 0 Å². The molecule has 2 N–H and O–H groups in total. The van der Waals surface area contributed by atoms with Crippen LogP contribution in [-0.4, -0.2) is 53.7 Å². The molecule has 7 nitrogen and oxygen atoms in total. The zero-order valence-electron chi connectivity index (χ0n) is 18.7. The Morgan fingerprint density at radius 1 is 1.06 bits per heavy atom. The van der Waals surface area contributed by atoms with Gasteiger partial charge in [0.15, 0.2) is 0 Å². The van der Waals surface area contributed by atoms with E-state index in [0.717, 1.165) is 28.7 Å². The van der Waals surface area contributed by atoms with E-state index in [-0.39, 0.29) is 24.9 Å². The summed E-state index contributed by atoms with van der Waals surface area (Å²) < 4.78 is 5.58. The quantitative estimate of drug-likeness (QED) is 0.617. The number of rotatable bonds is 9. The van der Waals surface area contributed by atoms with E-state index in [1.807, 2.05) is 31.2 Å². The fraction of sp³-hybridized carbons (Fsp3) is 0.400. The lowest BCUT2D eigenvalue weighted by molar-refractivity contribution is -0.148. The van der Waals surface area contributed by atoms with Crippen LogP contribution in [-0.2, 0) is 14.3 Å². The van der Waals surface area contributed by atoms with Crippen molar-refractivity contribution in [2.45, 2.75) is 51.1 Å². The molecule has 2 atom stereocenters. The van der Waals surface area contributed by atoms with Crippen LogP contribution < -0.4 is 5.32 Å². The van der Waals surface area contributed by atoms with Crippen LogP contribution in [0.5, 0.6) is 0 Å². The molecule has 0 saturated heterocycles. The number of nitrogens with zero attached hydrogens (tertiary/aromatic N) is 1. The van der Waals surface area contributed by atoms with E-state index in [2.05, 4.69) is 29.6 Å². The highest BCUT2D eigenvalue weighted by Crippen LogP contribution is 2.44. The van der Waals surface area contributed by atoms with Gasteiger partial charge in [0, 0.05) is 25.4 Å². The van der Waals surface area contributed by atoms with E-state index in [1.54, 1.807) is 0 Å². The molecule has 0 saturated carbocycles. The summed E-state index contributed by atoms with van der Waals surface area (Å²) in [5.74, 6) is -1.45. The molecular weight excluding hydrogens is 408 g/mol. The van der Waals surface area contributed by atoms with Gasteiger partial charge in [-0.3, -0.25) is 4.79 Å². The second kappa shape index (κ2) is 10.3. The van der Waals surface area contributed by atoms with Crippen molar-refractivity contribution in [1.29, 1.82) is 0 Å². The third-order valence-corrected chi connectivity index (χ3v) is 6.06. The third kappa shape index (κ3) is 5.10. The molecule has 32 heavy (non-hydrogen) atoms. The molecule has 0 fully saturated rings.